The molecule has 7 nitrogen and oxygen atoms in total. The number of nitrogens with zero attached hydrogens (tertiary/aromatic N) is 1. The first kappa shape index (κ1) is 21.7. The molecule has 0 fully saturated rings. The zero-order valence-corrected chi connectivity index (χ0v) is 17.6. The van der Waals surface area contributed by atoms with Gasteiger partial charge in [-0.2, -0.15) is 0 Å². The van der Waals surface area contributed by atoms with Crippen LogP contribution in [0.25, 0.3) is 0 Å². The maximum Gasteiger partial charge on any atom is 0.340 e. The number of benzene rings is 1. The van der Waals surface area contributed by atoms with E-state index in [0.29, 0.717) is 17.0 Å². The molecule has 10 heteroatoms. The average Bonchev–Trinajstić information content (AvgIpc) is 2.89. The number of carbonyl (C=O) groups is 1. The van der Waals surface area contributed by atoms with Crippen molar-refractivity contribution in [2.45, 2.75) is 39.2 Å². The number of halogens is 2. The highest BCUT2D eigenvalue weighted by Gasteiger charge is 2.24. The second-order valence-corrected chi connectivity index (χ2v) is 8.94. The summed E-state index contributed by atoms with van der Waals surface area (Å²) < 4.78 is 37.6. The van der Waals surface area contributed by atoms with Crippen LogP contribution in [0.2, 0.25) is 10.0 Å². The molecule has 0 aliphatic heterocycles. The van der Waals surface area contributed by atoms with E-state index >= 15 is 0 Å². The Morgan fingerprint density at radius 1 is 1.26 bits per heavy atom. The molecular formula is C17H20Cl2N2O5S. The van der Waals surface area contributed by atoms with Crippen LogP contribution in [0.15, 0.2) is 21.6 Å². The third kappa shape index (κ3) is 5.22. The highest BCUT2D eigenvalue weighted by atomic mass is 35.5. The molecular weight excluding hydrogens is 415 g/mol. The fourth-order valence-corrected chi connectivity index (χ4v) is 4.23. The normalized spacial score (nSPS) is 11.8. The number of hydrogen-bond donors (Lipinski definition) is 1. The predicted octanol–water partition coefficient (Wildman–Crippen LogP) is 3.89. The fraction of sp³-hybridized carbons (Fsp3) is 0.412. The van der Waals surface area contributed by atoms with Crippen LogP contribution >= 0.6 is 23.2 Å². The summed E-state index contributed by atoms with van der Waals surface area (Å²) in [4.78, 5) is 12.2. The van der Waals surface area contributed by atoms with E-state index in [9.17, 15) is 13.2 Å². The van der Waals surface area contributed by atoms with Crippen LogP contribution in [0.4, 0.5) is 0 Å². The van der Waals surface area contributed by atoms with Gasteiger partial charge in [-0.25, -0.2) is 17.9 Å². The third-order valence-electron chi connectivity index (χ3n) is 3.74. The Labute approximate surface area is 168 Å². The van der Waals surface area contributed by atoms with Gasteiger partial charge in [0.05, 0.1) is 26.9 Å². The molecule has 0 atom stereocenters. The van der Waals surface area contributed by atoms with Gasteiger partial charge >= 0.3 is 5.97 Å². The first-order valence-corrected chi connectivity index (χ1v) is 10.3. The first-order chi connectivity index (χ1) is 12.5. The largest absolute Gasteiger partial charge is 0.457 e. The number of rotatable bonds is 7. The molecule has 2 rings (SSSR count). The molecule has 27 heavy (non-hydrogen) atoms. The number of aromatic nitrogens is 1. The number of ether oxygens (including phenoxy) is 1. The molecule has 0 saturated heterocycles. The number of sulfonamides is 1. The number of esters is 1. The maximum atomic E-state index is 12.5. The Morgan fingerprint density at radius 3 is 2.48 bits per heavy atom. The van der Waals surface area contributed by atoms with E-state index in [2.05, 4.69) is 9.88 Å². The summed E-state index contributed by atoms with van der Waals surface area (Å²) in [6, 6.07) is 2.32. The van der Waals surface area contributed by atoms with E-state index in [-0.39, 0.29) is 39.6 Å². The van der Waals surface area contributed by atoms with Gasteiger partial charge in [-0.1, -0.05) is 42.2 Å². The highest BCUT2D eigenvalue weighted by molar-refractivity contribution is 7.89. The molecule has 0 spiro atoms. The Kier molecular flexibility index (Phi) is 6.91. The Hall–Kier alpha value is -1.61. The van der Waals surface area contributed by atoms with Gasteiger partial charge in [0.15, 0.2) is 0 Å². The van der Waals surface area contributed by atoms with E-state index in [1.165, 1.54) is 6.07 Å². The van der Waals surface area contributed by atoms with E-state index in [0.717, 1.165) is 6.07 Å². The highest BCUT2D eigenvalue weighted by Crippen LogP contribution is 2.29. The Bertz CT molecular complexity index is 935. The topological polar surface area (TPSA) is 98.5 Å². The van der Waals surface area contributed by atoms with Crippen LogP contribution in [0.1, 0.15) is 41.2 Å². The summed E-state index contributed by atoms with van der Waals surface area (Å²) in [5, 5.41) is 3.69. The lowest BCUT2D eigenvalue weighted by molar-refractivity contribution is 0.0471. The van der Waals surface area contributed by atoms with Crippen molar-refractivity contribution < 1.29 is 22.5 Å². The Balaban J connectivity index is 2.27. The van der Waals surface area contributed by atoms with Crippen LogP contribution in [0.3, 0.4) is 0 Å². The SMILES string of the molecule is Cc1noc(C)c1COC(=O)c1cc(S(=O)(=O)NCC(C)C)c(Cl)cc1Cl. The average molecular weight is 435 g/mol. The minimum Gasteiger partial charge on any atom is -0.457 e. The van der Waals surface area contributed by atoms with Crippen molar-refractivity contribution in [3.05, 3.63) is 44.8 Å². The van der Waals surface area contributed by atoms with Gasteiger partial charge in [-0.15, -0.1) is 0 Å². The van der Waals surface area contributed by atoms with E-state index < -0.39 is 16.0 Å². The van der Waals surface area contributed by atoms with E-state index in [1.807, 2.05) is 13.8 Å². The molecule has 1 aromatic carbocycles. The smallest absolute Gasteiger partial charge is 0.340 e. The van der Waals surface area contributed by atoms with Gasteiger partial charge < -0.3 is 9.26 Å². The van der Waals surface area contributed by atoms with Crippen molar-refractivity contribution in [1.82, 2.24) is 9.88 Å². The maximum absolute atomic E-state index is 12.5. The van der Waals surface area contributed by atoms with Crippen molar-refractivity contribution in [2.75, 3.05) is 6.54 Å². The van der Waals surface area contributed by atoms with Crippen LogP contribution in [-0.4, -0.2) is 26.1 Å². The summed E-state index contributed by atoms with van der Waals surface area (Å²) in [5.41, 5.74) is 1.14. The second-order valence-electron chi connectivity index (χ2n) is 6.39. The molecule has 0 amide bonds. The second kappa shape index (κ2) is 8.60. The molecule has 0 saturated carbocycles. The number of nitrogens with one attached hydrogen (secondary N) is 1. The molecule has 0 aliphatic carbocycles. The minimum absolute atomic E-state index is 0.00780. The van der Waals surface area contributed by atoms with E-state index in [1.54, 1.807) is 13.8 Å². The zero-order chi connectivity index (χ0) is 20.4. The number of aryl methyl sites for hydroxylation is 2. The monoisotopic (exact) mass is 434 g/mol. The quantitative estimate of drug-likeness (QED) is 0.663. The van der Waals surface area contributed by atoms with Gasteiger partial charge in [0.2, 0.25) is 10.0 Å². The zero-order valence-electron chi connectivity index (χ0n) is 15.3. The van der Waals surface area contributed by atoms with Crippen LogP contribution < -0.4 is 4.72 Å². The van der Waals surface area contributed by atoms with Gasteiger partial charge in [0.25, 0.3) is 0 Å². The van der Waals surface area contributed by atoms with Gasteiger partial charge in [0, 0.05) is 6.54 Å². The summed E-state index contributed by atoms with van der Waals surface area (Å²) in [5.74, 6) is -0.147. The lowest BCUT2D eigenvalue weighted by atomic mass is 10.2. The first-order valence-electron chi connectivity index (χ1n) is 8.10. The van der Waals surface area contributed by atoms with Crippen molar-refractivity contribution >= 4 is 39.2 Å². The van der Waals surface area contributed by atoms with Gasteiger partial charge in [0.1, 0.15) is 17.3 Å². The molecule has 1 aromatic heterocycles. The molecule has 0 unspecified atom stereocenters. The molecule has 0 bridgehead atoms. The summed E-state index contributed by atoms with van der Waals surface area (Å²) in [6.45, 7) is 7.30. The fourth-order valence-electron chi connectivity index (χ4n) is 2.17. The van der Waals surface area contributed by atoms with Gasteiger partial charge in [-0.05, 0) is 31.9 Å². The standard InChI is InChI=1S/C17H20Cl2N2O5S/c1-9(2)7-20-27(23,24)16-5-12(14(18)6-15(16)19)17(22)25-8-13-10(3)21-26-11(13)4/h5-6,9,20H,7-8H2,1-4H3. The molecule has 2 aromatic rings. The summed E-state index contributed by atoms with van der Waals surface area (Å²) >= 11 is 12.1. The Morgan fingerprint density at radius 2 is 1.93 bits per heavy atom. The molecule has 1 N–H and O–H groups in total. The van der Waals surface area contributed by atoms with Crippen LogP contribution in [0, 0.1) is 19.8 Å². The number of hydrogen-bond acceptors (Lipinski definition) is 6. The van der Waals surface area contributed by atoms with Crippen LogP contribution in [0.5, 0.6) is 0 Å². The molecule has 1 heterocycles. The van der Waals surface area contributed by atoms with Crippen molar-refractivity contribution in [3.8, 4) is 0 Å². The van der Waals surface area contributed by atoms with Gasteiger partial charge in [-0.3, -0.25) is 0 Å². The minimum atomic E-state index is -3.90. The molecule has 0 radical (unpaired) electrons. The van der Waals surface area contributed by atoms with Crippen molar-refractivity contribution in [1.29, 1.82) is 0 Å². The molecule has 0 aliphatic rings. The predicted molar refractivity (Wildman–Crippen MR) is 102 cm³/mol. The third-order valence-corrected chi connectivity index (χ3v) is 5.94. The lowest BCUT2D eigenvalue weighted by Gasteiger charge is -2.12. The van der Waals surface area contributed by atoms with E-state index in [4.69, 9.17) is 32.5 Å². The van der Waals surface area contributed by atoms with Crippen molar-refractivity contribution in [2.24, 2.45) is 5.92 Å². The van der Waals surface area contributed by atoms with Crippen LogP contribution in [-0.2, 0) is 21.4 Å². The summed E-state index contributed by atoms with van der Waals surface area (Å²) in [6.07, 6.45) is 0. The van der Waals surface area contributed by atoms with Crippen molar-refractivity contribution in [3.63, 3.8) is 0 Å². The lowest BCUT2D eigenvalue weighted by Crippen LogP contribution is -2.28. The molecule has 148 valence electrons. The number of carbonyl (C=O) groups excluding carboxylic acids is 1. The summed E-state index contributed by atoms with van der Waals surface area (Å²) in [7, 11) is -3.90.